The van der Waals surface area contributed by atoms with Crippen LogP contribution in [0.1, 0.15) is 18.1 Å². The summed E-state index contributed by atoms with van der Waals surface area (Å²) < 4.78 is 23.8. The average molecular weight is 421 g/mol. The van der Waals surface area contributed by atoms with E-state index in [1.807, 2.05) is 24.3 Å². The van der Waals surface area contributed by atoms with Gasteiger partial charge in [-0.3, -0.25) is 4.99 Å². The van der Waals surface area contributed by atoms with Gasteiger partial charge in [0.25, 0.3) is 0 Å². The lowest BCUT2D eigenvalue weighted by atomic mass is 10.1. The molecule has 27 heavy (non-hydrogen) atoms. The molecule has 0 aromatic heterocycles. The Morgan fingerprint density at radius 1 is 1.15 bits per heavy atom. The van der Waals surface area contributed by atoms with Gasteiger partial charge in [0, 0.05) is 16.0 Å². The van der Waals surface area contributed by atoms with E-state index in [-0.39, 0.29) is 22.8 Å². The fourth-order valence-electron chi connectivity index (χ4n) is 3.45. The number of amidine groups is 1. The molecule has 2 aliphatic rings. The fraction of sp³-hybridized carbons (Fsp3) is 0.350. The topological polar surface area (TPSA) is 49.7 Å². The maximum absolute atomic E-state index is 11.9. The average Bonchev–Trinajstić information content (AvgIpc) is 3.14. The highest BCUT2D eigenvalue weighted by molar-refractivity contribution is 8.15. The van der Waals surface area contributed by atoms with E-state index in [4.69, 9.17) is 16.6 Å². The molecule has 0 bridgehead atoms. The maximum Gasteiger partial charge on any atom is 0.164 e. The van der Waals surface area contributed by atoms with E-state index >= 15 is 0 Å². The zero-order chi connectivity index (χ0) is 19.0. The molecule has 4 nitrogen and oxygen atoms in total. The molecule has 0 amide bonds. The van der Waals surface area contributed by atoms with Crippen LogP contribution in [0.15, 0.2) is 53.5 Å². The Hall–Kier alpha value is -1.50. The quantitative estimate of drug-likeness (QED) is 0.744. The van der Waals surface area contributed by atoms with Crippen molar-refractivity contribution in [1.29, 1.82) is 0 Å². The van der Waals surface area contributed by atoms with Crippen LogP contribution in [0.3, 0.4) is 0 Å². The molecule has 0 radical (unpaired) electrons. The van der Waals surface area contributed by atoms with Crippen molar-refractivity contribution in [3.63, 3.8) is 0 Å². The van der Waals surface area contributed by atoms with Crippen LogP contribution in [-0.2, 0) is 22.8 Å². The summed E-state index contributed by atoms with van der Waals surface area (Å²) in [7, 11) is -2.96. The number of halogens is 1. The van der Waals surface area contributed by atoms with Gasteiger partial charge in [0.05, 0.1) is 24.1 Å². The molecule has 0 unspecified atom stereocenters. The summed E-state index contributed by atoms with van der Waals surface area (Å²) >= 11 is 7.97. The monoisotopic (exact) mass is 420 g/mol. The Kier molecular flexibility index (Phi) is 5.23. The van der Waals surface area contributed by atoms with Crippen LogP contribution < -0.4 is 4.90 Å². The molecule has 2 aromatic rings. The van der Waals surface area contributed by atoms with Crippen LogP contribution in [0.2, 0.25) is 5.02 Å². The first-order chi connectivity index (χ1) is 12.9. The van der Waals surface area contributed by atoms with Crippen LogP contribution in [0.5, 0.6) is 0 Å². The zero-order valence-electron chi connectivity index (χ0n) is 15.0. The number of hydrogen-bond acceptors (Lipinski definition) is 5. The number of aryl methyl sites for hydroxylation is 1. The smallest absolute Gasteiger partial charge is 0.164 e. The molecule has 1 saturated heterocycles. The minimum Gasteiger partial charge on any atom is -0.317 e. The first-order valence-corrected chi connectivity index (χ1v) is 12.1. The predicted molar refractivity (Wildman–Crippen MR) is 115 cm³/mol. The first kappa shape index (κ1) is 18.8. The van der Waals surface area contributed by atoms with Crippen LogP contribution in [0, 0.1) is 0 Å². The third-order valence-electron chi connectivity index (χ3n) is 4.98. The Labute approximate surface area is 169 Å². The van der Waals surface area contributed by atoms with E-state index < -0.39 is 9.84 Å². The maximum atomic E-state index is 11.9. The highest BCUT2D eigenvalue weighted by Crippen LogP contribution is 2.37. The third-order valence-corrected chi connectivity index (χ3v) is 8.59. The van der Waals surface area contributed by atoms with E-state index in [0.717, 1.165) is 27.9 Å². The van der Waals surface area contributed by atoms with Crippen molar-refractivity contribution in [2.24, 2.45) is 4.99 Å². The summed E-state index contributed by atoms with van der Waals surface area (Å²) in [6.45, 7) is 2.73. The van der Waals surface area contributed by atoms with Crippen LogP contribution in [0.25, 0.3) is 0 Å². The molecule has 0 saturated carbocycles. The molecule has 2 heterocycles. The van der Waals surface area contributed by atoms with Gasteiger partial charge in [0.2, 0.25) is 0 Å². The van der Waals surface area contributed by atoms with Crippen molar-refractivity contribution in [1.82, 2.24) is 0 Å². The number of benzene rings is 2. The van der Waals surface area contributed by atoms with E-state index in [1.165, 1.54) is 5.56 Å². The summed E-state index contributed by atoms with van der Waals surface area (Å²) in [4.78, 5) is 6.92. The largest absolute Gasteiger partial charge is 0.317 e. The molecular weight excluding hydrogens is 400 g/mol. The first-order valence-electron chi connectivity index (χ1n) is 9.00. The van der Waals surface area contributed by atoms with Gasteiger partial charge in [-0.15, -0.1) is 0 Å². The minimum atomic E-state index is -2.96. The molecule has 4 rings (SSSR count). The zero-order valence-corrected chi connectivity index (χ0v) is 17.4. The van der Waals surface area contributed by atoms with Crippen molar-refractivity contribution in [3.05, 3.63) is 64.7 Å². The summed E-state index contributed by atoms with van der Waals surface area (Å²) in [6, 6.07) is 16.1. The Bertz CT molecular complexity index is 974. The van der Waals surface area contributed by atoms with Crippen LogP contribution >= 0.6 is 23.4 Å². The van der Waals surface area contributed by atoms with Gasteiger partial charge < -0.3 is 4.90 Å². The highest BCUT2D eigenvalue weighted by Gasteiger charge is 2.44. The Morgan fingerprint density at radius 3 is 2.56 bits per heavy atom. The number of nitrogens with zero attached hydrogens (tertiary/aromatic N) is 2. The standard InChI is InChI=1S/C20H21ClN2O2S2/c1-2-14-7-9-16(10-8-14)23(11-15-5-3-4-6-17(15)21)20-22-18-12-27(24,25)13-19(18)26-20/h3-10,18-19H,2,11-13H2,1H3/t18-,19-/m0/s1. The van der Waals surface area contributed by atoms with Gasteiger partial charge in [-0.25, -0.2) is 8.42 Å². The highest BCUT2D eigenvalue weighted by atomic mass is 35.5. The minimum absolute atomic E-state index is 0.0219. The van der Waals surface area contributed by atoms with Gasteiger partial charge in [0.15, 0.2) is 15.0 Å². The number of fused-ring (bicyclic) bond motifs is 1. The molecule has 2 aliphatic heterocycles. The van der Waals surface area contributed by atoms with Crippen molar-refractivity contribution in [2.45, 2.75) is 31.2 Å². The lowest BCUT2D eigenvalue weighted by Gasteiger charge is -2.25. The number of anilines is 1. The van der Waals surface area contributed by atoms with Gasteiger partial charge in [-0.05, 0) is 35.7 Å². The lowest BCUT2D eigenvalue weighted by Crippen LogP contribution is -2.28. The van der Waals surface area contributed by atoms with Gasteiger partial charge in [0.1, 0.15) is 0 Å². The lowest BCUT2D eigenvalue weighted by molar-refractivity contribution is 0.601. The van der Waals surface area contributed by atoms with Gasteiger partial charge in [-0.2, -0.15) is 0 Å². The summed E-state index contributed by atoms with van der Waals surface area (Å²) in [5.74, 6) is 0.368. The van der Waals surface area contributed by atoms with Crippen molar-refractivity contribution in [3.8, 4) is 0 Å². The van der Waals surface area contributed by atoms with Gasteiger partial charge in [-0.1, -0.05) is 60.6 Å². The number of aliphatic imine (C=N–C) groups is 1. The van der Waals surface area contributed by atoms with E-state index in [0.29, 0.717) is 6.54 Å². The molecular formula is C20H21ClN2O2S2. The molecule has 0 N–H and O–H groups in total. The molecule has 1 fully saturated rings. The second-order valence-electron chi connectivity index (χ2n) is 6.91. The van der Waals surface area contributed by atoms with Crippen LogP contribution in [0.4, 0.5) is 5.69 Å². The molecule has 142 valence electrons. The van der Waals surface area contributed by atoms with E-state index in [1.54, 1.807) is 11.8 Å². The molecule has 0 spiro atoms. The second-order valence-corrected chi connectivity index (χ2v) is 10.7. The van der Waals surface area contributed by atoms with Crippen molar-refractivity contribution in [2.75, 3.05) is 16.4 Å². The van der Waals surface area contributed by atoms with E-state index in [2.05, 4.69) is 36.1 Å². The molecule has 7 heteroatoms. The number of thioether (sulfide) groups is 1. The molecule has 2 atom stereocenters. The van der Waals surface area contributed by atoms with Crippen molar-refractivity contribution >= 4 is 44.1 Å². The third kappa shape index (κ3) is 4.03. The summed E-state index contributed by atoms with van der Waals surface area (Å²) in [6.07, 6.45) is 0.989. The number of rotatable bonds is 4. The predicted octanol–water partition coefficient (Wildman–Crippen LogP) is 4.18. The Morgan fingerprint density at radius 2 is 1.89 bits per heavy atom. The summed E-state index contributed by atoms with van der Waals surface area (Å²) in [5.41, 5.74) is 3.34. The normalized spacial score (nSPS) is 23.1. The number of hydrogen-bond donors (Lipinski definition) is 0. The molecule has 2 aromatic carbocycles. The Balaban J connectivity index is 1.67. The van der Waals surface area contributed by atoms with E-state index in [9.17, 15) is 8.42 Å². The SMILES string of the molecule is CCc1ccc(N(Cc2ccccc2Cl)C2=N[C@H]3CS(=O)(=O)C[C@@H]3S2)cc1. The van der Waals surface area contributed by atoms with Gasteiger partial charge >= 0.3 is 0 Å². The van der Waals surface area contributed by atoms with Crippen LogP contribution in [-0.4, -0.2) is 36.4 Å². The summed E-state index contributed by atoms with van der Waals surface area (Å²) in [5, 5.41) is 1.62. The number of sulfone groups is 1. The molecule has 0 aliphatic carbocycles. The fourth-order valence-corrected chi connectivity index (χ4v) is 7.42. The van der Waals surface area contributed by atoms with Crippen molar-refractivity contribution < 1.29 is 8.42 Å². The second kappa shape index (κ2) is 7.49.